The Hall–Kier alpha value is -6.87. The maximum absolute atomic E-state index is 14.0. The Kier molecular flexibility index (Phi) is 20.2. The van der Waals surface area contributed by atoms with Gasteiger partial charge in [0.2, 0.25) is 23.6 Å². The van der Waals surface area contributed by atoms with E-state index in [4.69, 9.17) is 10.5 Å². The first-order valence-electron chi connectivity index (χ1n) is 26.3. The standard InChI is InChI=1S/C58H73N9O7S/c1-40-53(75-39-61-40)43-25-23-42(24-26-43)37-60-56(72)49-36-45(68)38-67(49)57(73)54(58(2,3)4)62-51(70)20-11-9-7-5-6-8-10-12-21-52(71)66-30-28-65(29-31-66)32-33-74-46-17-15-16-41(34-46)22-27-44-35-48(63-64-55(44)59)47-18-13-14-19-50(47)69/h13-19,23-26,34-35,39,45,49,54,68-69H,5-12,20-21,28-33,36-38H2,1-4H3,(H2,59,64)(H,60,72)(H,62,70)/t45-,49+,54-/m1/s1. The van der Waals surface area contributed by atoms with E-state index in [1.165, 1.54) is 4.90 Å². The normalized spacial score (nSPS) is 16.2. The highest BCUT2D eigenvalue weighted by atomic mass is 32.1. The minimum Gasteiger partial charge on any atom is -0.507 e. The third-order valence-corrected chi connectivity index (χ3v) is 14.8. The first-order valence-corrected chi connectivity index (χ1v) is 27.2. The van der Waals surface area contributed by atoms with Gasteiger partial charge in [-0.25, -0.2) is 4.98 Å². The van der Waals surface area contributed by atoms with Crippen molar-refractivity contribution in [1.82, 2.24) is 40.5 Å². The number of ether oxygens (including phenoxy) is 1. The number of thiazole rings is 1. The number of amides is 4. The molecular formula is C58H73N9O7S. The van der Waals surface area contributed by atoms with Gasteiger partial charge in [0, 0.05) is 76.2 Å². The molecule has 2 aliphatic heterocycles. The summed E-state index contributed by atoms with van der Waals surface area (Å²) in [7, 11) is 0. The fourth-order valence-corrected chi connectivity index (χ4v) is 10.2. The second kappa shape index (κ2) is 27.1. The zero-order chi connectivity index (χ0) is 53.3. The largest absolute Gasteiger partial charge is 0.507 e. The summed E-state index contributed by atoms with van der Waals surface area (Å²) in [6.45, 7) is 12.3. The minimum absolute atomic E-state index is 0.0303. The number of nitrogens with zero attached hydrogens (tertiary/aromatic N) is 6. The molecular weight excluding hydrogens is 967 g/mol. The fourth-order valence-electron chi connectivity index (χ4n) is 9.43. The molecule has 0 saturated carbocycles. The highest BCUT2D eigenvalue weighted by Crippen LogP contribution is 2.30. The average Bonchev–Trinajstić information content (AvgIpc) is 4.02. The number of phenolic OH excluding ortho intramolecular Hbond substituents is 1. The molecule has 4 amide bonds. The zero-order valence-corrected chi connectivity index (χ0v) is 44.7. The number of aryl methyl sites for hydroxylation is 1. The second-order valence-corrected chi connectivity index (χ2v) is 21.5. The van der Waals surface area contributed by atoms with Crippen LogP contribution in [0.2, 0.25) is 0 Å². The molecule has 398 valence electrons. The summed E-state index contributed by atoms with van der Waals surface area (Å²) < 4.78 is 6.08. The Labute approximate surface area is 445 Å². The number of aliphatic hydroxyl groups is 1. The highest BCUT2D eigenvalue weighted by molar-refractivity contribution is 7.13. The number of nitrogens with one attached hydrogen (secondary N) is 2. The lowest BCUT2D eigenvalue weighted by Gasteiger charge is -2.35. The summed E-state index contributed by atoms with van der Waals surface area (Å²) >= 11 is 1.58. The SMILES string of the molecule is Cc1ncsc1-c1ccc(CNC(=O)[C@@H]2C[C@@H](O)CN2C(=O)[C@@H](NC(=O)CCCCCCCCCCC(=O)N2CCN(CCOc3cccc(C#Cc4cc(-c5ccccc5O)nnc4N)c3)CC2)C(C)(C)C)cc1. The first kappa shape index (κ1) is 55.9. The third kappa shape index (κ3) is 16.3. The van der Waals surface area contributed by atoms with Gasteiger partial charge in [-0.1, -0.05) is 114 Å². The maximum atomic E-state index is 14.0. The Morgan fingerprint density at radius 2 is 1.57 bits per heavy atom. The van der Waals surface area contributed by atoms with E-state index in [9.17, 15) is 29.4 Å². The quantitative estimate of drug-likeness (QED) is 0.0337. The number of aliphatic hydroxyl groups excluding tert-OH is 1. The second-order valence-electron chi connectivity index (χ2n) is 20.7. The summed E-state index contributed by atoms with van der Waals surface area (Å²) in [5, 5.41) is 34.9. The molecule has 6 N–H and O–H groups in total. The van der Waals surface area contributed by atoms with Gasteiger partial charge in [0.1, 0.15) is 30.2 Å². The summed E-state index contributed by atoms with van der Waals surface area (Å²) in [6.07, 6.45) is 7.88. The fraction of sp³-hybridized carbons (Fsp3) is 0.466. The van der Waals surface area contributed by atoms with Crippen molar-refractivity contribution in [2.75, 3.05) is 51.6 Å². The lowest BCUT2D eigenvalue weighted by molar-refractivity contribution is -0.144. The van der Waals surface area contributed by atoms with Crippen LogP contribution in [-0.4, -0.2) is 128 Å². The van der Waals surface area contributed by atoms with Crippen molar-refractivity contribution in [3.63, 3.8) is 0 Å². The van der Waals surface area contributed by atoms with Gasteiger partial charge in [-0.2, -0.15) is 0 Å². The number of β-amino-alcohol motifs (C(OH)–C–C–N with tert-alkyl or cyclic N) is 1. The molecule has 2 aliphatic rings. The van der Waals surface area contributed by atoms with Gasteiger partial charge in [-0.05, 0) is 72.7 Å². The van der Waals surface area contributed by atoms with Crippen molar-refractivity contribution >= 4 is 40.8 Å². The van der Waals surface area contributed by atoms with Crippen molar-refractivity contribution in [3.05, 3.63) is 107 Å². The number of rotatable bonds is 22. The number of likely N-dealkylation sites (tertiary alicyclic amines) is 1. The molecule has 5 aromatic rings. The highest BCUT2D eigenvalue weighted by Gasteiger charge is 2.44. The number of aromatic hydroxyl groups is 1. The number of hydrogen-bond acceptors (Lipinski definition) is 13. The molecule has 3 atom stereocenters. The van der Waals surface area contributed by atoms with E-state index in [1.54, 1.807) is 35.6 Å². The smallest absolute Gasteiger partial charge is 0.246 e. The molecule has 2 fully saturated rings. The predicted octanol–water partition coefficient (Wildman–Crippen LogP) is 7.50. The summed E-state index contributed by atoms with van der Waals surface area (Å²) in [4.78, 5) is 64.9. The lowest BCUT2D eigenvalue weighted by Crippen LogP contribution is -2.57. The molecule has 0 aliphatic carbocycles. The van der Waals surface area contributed by atoms with Crippen LogP contribution in [0.1, 0.15) is 114 Å². The van der Waals surface area contributed by atoms with E-state index in [1.807, 2.05) is 92.7 Å². The zero-order valence-electron chi connectivity index (χ0n) is 43.9. The number of hydrogen-bond donors (Lipinski definition) is 5. The Morgan fingerprint density at radius 3 is 2.27 bits per heavy atom. The van der Waals surface area contributed by atoms with E-state index >= 15 is 0 Å². The molecule has 16 nitrogen and oxygen atoms in total. The Bertz CT molecular complexity index is 2780. The maximum Gasteiger partial charge on any atom is 0.246 e. The minimum atomic E-state index is -0.853. The predicted molar refractivity (Wildman–Crippen MR) is 292 cm³/mol. The number of phenols is 1. The topological polar surface area (TPSA) is 216 Å². The Balaban J connectivity index is 0.721. The van der Waals surface area contributed by atoms with Crippen molar-refractivity contribution in [3.8, 4) is 45.0 Å². The molecule has 0 radical (unpaired) electrons. The van der Waals surface area contributed by atoms with E-state index in [2.05, 4.69) is 42.6 Å². The third-order valence-electron chi connectivity index (χ3n) is 13.8. The molecule has 7 rings (SSSR count). The van der Waals surface area contributed by atoms with Crippen LogP contribution >= 0.6 is 11.3 Å². The van der Waals surface area contributed by atoms with E-state index in [0.717, 1.165) is 91.8 Å². The van der Waals surface area contributed by atoms with Gasteiger partial charge in [-0.15, -0.1) is 21.5 Å². The molecule has 0 spiro atoms. The number of nitrogen functional groups attached to an aromatic ring is 1. The summed E-state index contributed by atoms with van der Waals surface area (Å²) in [6, 6.07) is 22.4. The van der Waals surface area contributed by atoms with Crippen LogP contribution in [0.5, 0.6) is 11.5 Å². The Morgan fingerprint density at radius 1 is 0.867 bits per heavy atom. The average molecular weight is 1040 g/mol. The lowest BCUT2D eigenvalue weighted by atomic mass is 9.85. The molecule has 3 aromatic carbocycles. The van der Waals surface area contributed by atoms with Gasteiger partial charge < -0.3 is 41.1 Å². The van der Waals surface area contributed by atoms with Crippen molar-refractivity contribution in [1.29, 1.82) is 0 Å². The van der Waals surface area contributed by atoms with E-state index < -0.39 is 23.6 Å². The number of para-hydroxylation sites is 1. The molecule has 0 bridgehead atoms. The monoisotopic (exact) mass is 1040 g/mol. The van der Waals surface area contributed by atoms with Gasteiger partial charge in [-0.3, -0.25) is 24.1 Å². The molecule has 4 heterocycles. The molecule has 2 saturated heterocycles. The number of unbranched alkanes of at least 4 members (excludes halogenated alkanes) is 7. The van der Waals surface area contributed by atoms with Gasteiger partial charge in [0.05, 0.1) is 33.4 Å². The van der Waals surface area contributed by atoms with Crippen LogP contribution < -0.4 is 21.1 Å². The van der Waals surface area contributed by atoms with Crippen LogP contribution in [0.15, 0.2) is 84.4 Å². The number of anilines is 1. The summed E-state index contributed by atoms with van der Waals surface area (Å²) in [5.41, 5.74) is 12.5. The van der Waals surface area contributed by atoms with Crippen LogP contribution in [0.25, 0.3) is 21.7 Å². The van der Waals surface area contributed by atoms with Crippen LogP contribution in [-0.2, 0) is 25.7 Å². The first-order chi connectivity index (χ1) is 36.1. The summed E-state index contributed by atoms with van der Waals surface area (Å²) in [5.74, 6) is 6.56. The number of benzene rings is 3. The van der Waals surface area contributed by atoms with E-state index in [0.29, 0.717) is 61.5 Å². The molecule has 0 unspecified atom stereocenters. The van der Waals surface area contributed by atoms with Crippen LogP contribution in [0.4, 0.5) is 5.82 Å². The number of carbonyl (C=O) groups excluding carboxylic acids is 4. The number of carbonyl (C=O) groups is 4. The number of nitrogens with two attached hydrogens (primary N) is 1. The van der Waals surface area contributed by atoms with Crippen molar-refractivity contribution in [2.45, 2.75) is 123 Å². The molecule has 17 heteroatoms. The molecule has 75 heavy (non-hydrogen) atoms. The van der Waals surface area contributed by atoms with Gasteiger partial charge in [0.15, 0.2) is 5.82 Å². The number of aromatic nitrogens is 3. The van der Waals surface area contributed by atoms with E-state index in [-0.39, 0.29) is 54.7 Å². The van der Waals surface area contributed by atoms with Gasteiger partial charge >= 0.3 is 0 Å². The van der Waals surface area contributed by atoms with Crippen molar-refractivity contribution < 1.29 is 34.1 Å². The van der Waals surface area contributed by atoms with Crippen LogP contribution in [0, 0.1) is 24.2 Å². The molecule has 2 aromatic heterocycles. The van der Waals surface area contributed by atoms with Gasteiger partial charge in [0.25, 0.3) is 0 Å². The van der Waals surface area contributed by atoms with Crippen molar-refractivity contribution in [2.24, 2.45) is 5.41 Å². The number of piperazine rings is 1. The van der Waals surface area contributed by atoms with Crippen LogP contribution in [0.3, 0.4) is 0 Å².